The highest BCUT2D eigenvalue weighted by molar-refractivity contribution is 7.15. The van der Waals surface area contributed by atoms with Gasteiger partial charge in [0.25, 0.3) is 0 Å². The summed E-state index contributed by atoms with van der Waals surface area (Å²) in [7, 11) is 0. The van der Waals surface area contributed by atoms with Crippen molar-refractivity contribution in [3.63, 3.8) is 0 Å². The summed E-state index contributed by atoms with van der Waals surface area (Å²) in [4.78, 5) is 18.6. The number of aromatic amines is 1. The van der Waals surface area contributed by atoms with Crippen molar-refractivity contribution in [1.82, 2.24) is 9.97 Å². The molecule has 1 unspecified atom stereocenters. The molecule has 1 atom stereocenters. The van der Waals surface area contributed by atoms with Gasteiger partial charge in [0.05, 0.1) is 10.6 Å². The number of hydrogen-bond donors (Lipinski definition) is 3. The highest BCUT2D eigenvalue weighted by Crippen LogP contribution is 2.30. The standard InChI is InChI=1S/C10H11N3O2S/c1-5-8(7(11)10(14)15)16-9(13-5)6-2-3-12-4-6/h2-4,7,12H,11H2,1H3,(H,14,15). The summed E-state index contributed by atoms with van der Waals surface area (Å²) in [6.45, 7) is 1.77. The van der Waals surface area contributed by atoms with Gasteiger partial charge in [-0.05, 0) is 13.0 Å². The molecule has 0 aliphatic heterocycles. The number of hydrogen-bond acceptors (Lipinski definition) is 4. The molecule has 0 saturated heterocycles. The Morgan fingerprint density at radius 1 is 1.69 bits per heavy atom. The minimum Gasteiger partial charge on any atom is -0.480 e. The number of H-pyrrole nitrogens is 1. The summed E-state index contributed by atoms with van der Waals surface area (Å²) in [6.07, 6.45) is 3.61. The molecule has 0 radical (unpaired) electrons. The Kier molecular flexibility index (Phi) is 2.76. The van der Waals surface area contributed by atoms with E-state index in [2.05, 4.69) is 9.97 Å². The highest BCUT2D eigenvalue weighted by atomic mass is 32.1. The van der Waals surface area contributed by atoms with Gasteiger partial charge in [-0.3, -0.25) is 4.79 Å². The lowest BCUT2D eigenvalue weighted by Crippen LogP contribution is -2.20. The van der Waals surface area contributed by atoms with Crippen molar-refractivity contribution in [2.75, 3.05) is 0 Å². The number of carboxylic acids is 1. The third-order valence-electron chi connectivity index (χ3n) is 2.23. The van der Waals surface area contributed by atoms with Crippen LogP contribution in [-0.2, 0) is 4.79 Å². The quantitative estimate of drug-likeness (QED) is 0.754. The zero-order valence-corrected chi connectivity index (χ0v) is 9.41. The van der Waals surface area contributed by atoms with E-state index in [-0.39, 0.29) is 0 Å². The summed E-state index contributed by atoms with van der Waals surface area (Å²) in [6, 6.07) is 0.888. The van der Waals surface area contributed by atoms with Gasteiger partial charge in [0.15, 0.2) is 0 Å². The summed E-state index contributed by atoms with van der Waals surface area (Å²) >= 11 is 1.32. The lowest BCUT2D eigenvalue weighted by atomic mass is 10.2. The molecular formula is C10H11N3O2S. The fourth-order valence-electron chi connectivity index (χ4n) is 1.39. The Hall–Kier alpha value is -1.66. The number of nitrogens with one attached hydrogen (secondary N) is 1. The first-order chi connectivity index (χ1) is 7.59. The Morgan fingerprint density at radius 2 is 2.44 bits per heavy atom. The van der Waals surface area contributed by atoms with E-state index in [0.29, 0.717) is 10.6 Å². The monoisotopic (exact) mass is 237 g/mol. The van der Waals surface area contributed by atoms with Crippen molar-refractivity contribution in [2.24, 2.45) is 5.73 Å². The van der Waals surface area contributed by atoms with Crippen LogP contribution >= 0.6 is 11.3 Å². The molecule has 0 fully saturated rings. The largest absolute Gasteiger partial charge is 0.480 e. The van der Waals surface area contributed by atoms with Crippen LogP contribution < -0.4 is 5.73 Å². The lowest BCUT2D eigenvalue weighted by Gasteiger charge is -2.02. The number of nitrogens with zero attached hydrogens (tertiary/aromatic N) is 1. The van der Waals surface area contributed by atoms with E-state index in [1.807, 2.05) is 12.3 Å². The van der Waals surface area contributed by atoms with Gasteiger partial charge in [-0.1, -0.05) is 0 Å². The Labute approximate surface area is 95.9 Å². The zero-order valence-electron chi connectivity index (χ0n) is 8.60. The van der Waals surface area contributed by atoms with Crippen molar-refractivity contribution in [2.45, 2.75) is 13.0 Å². The van der Waals surface area contributed by atoms with Crippen molar-refractivity contribution < 1.29 is 9.90 Å². The van der Waals surface area contributed by atoms with Gasteiger partial charge >= 0.3 is 5.97 Å². The molecule has 6 heteroatoms. The van der Waals surface area contributed by atoms with Gasteiger partial charge in [-0.2, -0.15) is 0 Å². The molecule has 0 amide bonds. The first kappa shape index (κ1) is 10.8. The SMILES string of the molecule is Cc1nc(-c2cc[nH]c2)sc1C(N)C(=O)O. The molecule has 0 aliphatic rings. The molecule has 0 aromatic carbocycles. The molecule has 16 heavy (non-hydrogen) atoms. The number of aliphatic carboxylic acids is 1. The molecule has 0 spiro atoms. The molecule has 0 aliphatic carbocycles. The third kappa shape index (κ3) is 1.84. The Morgan fingerprint density at radius 3 is 3.00 bits per heavy atom. The van der Waals surface area contributed by atoms with Gasteiger partial charge in [0.2, 0.25) is 0 Å². The van der Waals surface area contributed by atoms with Gasteiger partial charge < -0.3 is 15.8 Å². The molecule has 2 heterocycles. The predicted molar refractivity (Wildman–Crippen MR) is 61.2 cm³/mol. The third-order valence-corrected chi connectivity index (χ3v) is 3.52. The molecule has 84 valence electrons. The molecule has 2 aromatic rings. The Bertz CT molecular complexity index is 504. The second-order valence-electron chi connectivity index (χ2n) is 3.38. The first-order valence-electron chi connectivity index (χ1n) is 4.68. The maximum absolute atomic E-state index is 10.8. The molecular weight excluding hydrogens is 226 g/mol. The van der Waals surface area contributed by atoms with Crippen LogP contribution in [0.2, 0.25) is 0 Å². The van der Waals surface area contributed by atoms with Gasteiger partial charge in [0.1, 0.15) is 11.0 Å². The number of rotatable bonds is 3. The van der Waals surface area contributed by atoms with E-state index < -0.39 is 12.0 Å². The van der Waals surface area contributed by atoms with Crippen molar-refractivity contribution in [3.8, 4) is 10.6 Å². The van der Waals surface area contributed by atoms with E-state index in [1.165, 1.54) is 11.3 Å². The Balaban J connectivity index is 2.40. The van der Waals surface area contributed by atoms with Crippen LogP contribution in [0, 0.1) is 6.92 Å². The van der Waals surface area contributed by atoms with E-state index >= 15 is 0 Å². The van der Waals surface area contributed by atoms with E-state index in [4.69, 9.17) is 10.8 Å². The maximum Gasteiger partial charge on any atom is 0.326 e. The summed E-state index contributed by atoms with van der Waals surface area (Å²) in [5.74, 6) is -1.03. The fraction of sp³-hybridized carbons (Fsp3) is 0.200. The van der Waals surface area contributed by atoms with Crippen molar-refractivity contribution in [1.29, 1.82) is 0 Å². The highest BCUT2D eigenvalue weighted by Gasteiger charge is 2.21. The van der Waals surface area contributed by atoms with Crippen molar-refractivity contribution >= 4 is 17.3 Å². The maximum atomic E-state index is 10.8. The fourth-order valence-corrected chi connectivity index (χ4v) is 2.45. The van der Waals surface area contributed by atoms with Crippen LogP contribution in [0.15, 0.2) is 18.5 Å². The summed E-state index contributed by atoms with van der Waals surface area (Å²) in [5, 5.41) is 9.63. The van der Waals surface area contributed by atoms with Crippen molar-refractivity contribution in [3.05, 3.63) is 29.0 Å². The predicted octanol–water partition coefficient (Wildman–Crippen LogP) is 1.53. The number of aryl methyl sites for hydroxylation is 1. The average molecular weight is 237 g/mol. The van der Waals surface area contributed by atoms with Gasteiger partial charge in [0, 0.05) is 18.0 Å². The van der Waals surface area contributed by atoms with E-state index in [9.17, 15) is 4.79 Å². The van der Waals surface area contributed by atoms with Crippen LogP contribution in [0.4, 0.5) is 0 Å². The number of carboxylic acid groups (broad SMARTS) is 1. The molecule has 2 rings (SSSR count). The summed E-state index contributed by atoms with van der Waals surface area (Å²) in [5.41, 5.74) is 7.19. The van der Waals surface area contributed by atoms with Crippen LogP contribution in [0.25, 0.3) is 10.6 Å². The van der Waals surface area contributed by atoms with Crippen LogP contribution in [0.1, 0.15) is 16.6 Å². The molecule has 0 saturated carbocycles. The smallest absolute Gasteiger partial charge is 0.326 e. The van der Waals surface area contributed by atoms with Crippen LogP contribution in [-0.4, -0.2) is 21.0 Å². The first-order valence-corrected chi connectivity index (χ1v) is 5.50. The minimum absolute atomic E-state index is 0.601. The topological polar surface area (TPSA) is 92.0 Å². The normalized spacial score (nSPS) is 12.6. The number of aromatic nitrogens is 2. The molecule has 0 bridgehead atoms. The van der Waals surface area contributed by atoms with Crippen LogP contribution in [0.5, 0.6) is 0 Å². The van der Waals surface area contributed by atoms with Crippen LogP contribution in [0.3, 0.4) is 0 Å². The minimum atomic E-state index is -1.03. The van der Waals surface area contributed by atoms with E-state index in [0.717, 1.165) is 10.6 Å². The van der Waals surface area contributed by atoms with Gasteiger partial charge in [-0.15, -0.1) is 11.3 Å². The van der Waals surface area contributed by atoms with Gasteiger partial charge in [-0.25, -0.2) is 4.98 Å². The molecule has 2 aromatic heterocycles. The number of thiazole rings is 1. The zero-order chi connectivity index (χ0) is 11.7. The number of nitrogens with two attached hydrogens (primary N) is 1. The molecule has 5 nitrogen and oxygen atoms in total. The number of carbonyl (C=O) groups is 1. The van der Waals surface area contributed by atoms with E-state index in [1.54, 1.807) is 13.1 Å². The summed E-state index contributed by atoms with van der Waals surface area (Å²) < 4.78 is 0. The molecule has 4 N–H and O–H groups in total. The second kappa shape index (κ2) is 4.07. The average Bonchev–Trinajstić information content (AvgIpc) is 2.84. The lowest BCUT2D eigenvalue weighted by molar-refractivity contribution is -0.138. The second-order valence-corrected chi connectivity index (χ2v) is 4.41.